The summed E-state index contributed by atoms with van der Waals surface area (Å²) in [5, 5.41) is 6.90. The van der Waals surface area contributed by atoms with Gasteiger partial charge in [-0.15, -0.1) is 0 Å². The zero-order valence-electron chi connectivity index (χ0n) is 17.8. The first-order valence-corrected chi connectivity index (χ1v) is 12.0. The summed E-state index contributed by atoms with van der Waals surface area (Å²) < 4.78 is 64.9. The zero-order valence-corrected chi connectivity index (χ0v) is 18.7. The van der Waals surface area contributed by atoms with E-state index in [0.717, 1.165) is 25.4 Å². The highest BCUT2D eigenvalue weighted by molar-refractivity contribution is 7.90. The van der Waals surface area contributed by atoms with Gasteiger partial charge in [-0.1, -0.05) is 19.9 Å². The molecule has 3 heterocycles. The van der Waals surface area contributed by atoms with E-state index in [1.165, 1.54) is 24.4 Å². The Labute approximate surface area is 183 Å². The molecule has 172 valence electrons. The molecule has 0 bridgehead atoms. The number of alkyl halides is 3. The van der Waals surface area contributed by atoms with Crippen molar-refractivity contribution in [3.8, 4) is 11.3 Å². The van der Waals surface area contributed by atoms with Gasteiger partial charge in [0, 0.05) is 54.2 Å². The number of aromatic amines is 1. The summed E-state index contributed by atoms with van der Waals surface area (Å²) >= 11 is 0. The number of nitrogens with one attached hydrogen (secondary N) is 3. The quantitative estimate of drug-likeness (QED) is 0.539. The van der Waals surface area contributed by atoms with E-state index in [0.29, 0.717) is 17.4 Å². The van der Waals surface area contributed by atoms with Crippen LogP contribution in [0.2, 0.25) is 0 Å². The summed E-state index contributed by atoms with van der Waals surface area (Å²) in [5.41, 5.74) is -0.560. The number of hydrogen-bond acceptors (Lipinski definition) is 6. The molecule has 1 aliphatic rings. The maximum atomic E-state index is 13.8. The molecule has 32 heavy (non-hydrogen) atoms. The molecule has 11 heteroatoms. The minimum atomic E-state index is -4.65. The summed E-state index contributed by atoms with van der Waals surface area (Å²) in [6.07, 6.45) is -0.567. The highest BCUT2D eigenvalue weighted by Crippen LogP contribution is 2.39. The highest BCUT2D eigenvalue weighted by Gasteiger charge is 2.36. The lowest BCUT2D eigenvalue weighted by molar-refractivity contribution is -0.137. The maximum Gasteiger partial charge on any atom is 0.419 e. The Kier molecular flexibility index (Phi) is 5.44. The summed E-state index contributed by atoms with van der Waals surface area (Å²) in [7, 11) is -3.46. The molecule has 3 aromatic rings. The molecule has 0 aliphatic carbocycles. The number of aromatic nitrogens is 3. The molecule has 0 saturated carbocycles. The van der Waals surface area contributed by atoms with E-state index in [2.05, 4.69) is 39.4 Å². The van der Waals surface area contributed by atoms with Crippen molar-refractivity contribution in [1.82, 2.24) is 20.3 Å². The third-order valence-corrected chi connectivity index (χ3v) is 6.67. The van der Waals surface area contributed by atoms with Crippen LogP contribution in [0.25, 0.3) is 22.2 Å². The van der Waals surface area contributed by atoms with Crippen LogP contribution in [0.5, 0.6) is 0 Å². The third kappa shape index (κ3) is 4.58. The van der Waals surface area contributed by atoms with Crippen LogP contribution in [0.3, 0.4) is 0 Å². The van der Waals surface area contributed by atoms with Crippen molar-refractivity contribution in [2.24, 2.45) is 5.41 Å². The first-order valence-electron chi connectivity index (χ1n) is 10.1. The predicted molar refractivity (Wildman–Crippen MR) is 116 cm³/mol. The minimum absolute atomic E-state index is 0.0244. The van der Waals surface area contributed by atoms with E-state index in [1.807, 2.05) is 0 Å². The summed E-state index contributed by atoms with van der Waals surface area (Å²) in [5.74, 6) is 0.111. The van der Waals surface area contributed by atoms with Gasteiger partial charge in [0.2, 0.25) is 5.95 Å². The number of rotatable bonds is 4. The number of benzene rings is 1. The molecule has 0 amide bonds. The standard InChI is InChI=1S/C21H24F3N5O2S/c1-20(2)7-12(8-25-11-20)28-19-27-10-16(21(22,23)24)18(29-19)15-9-26-17-6-13(32(3,30)31)4-5-14(15)17/h4-6,9-10,12,25-26H,7-8,11H2,1-3H3,(H,27,28,29)/t12-/m0/s1. The average Bonchev–Trinajstić information content (AvgIpc) is 3.09. The van der Waals surface area contributed by atoms with Gasteiger partial charge < -0.3 is 15.6 Å². The molecule has 0 radical (unpaired) electrons. The Bertz CT molecular complexity index is 1270. The number of anilines is 1. The number of fused-ring (bicyclic) bond motifs is 1. The average molecular weight is 468 g/mol. The van der Waals surface area contributed by atoms with Gasteiger partial charge >= 0.3 is 6.18 Å². The number of sulfone groups is 1. The number of H-pyrrole nitrogens is 1. The van der Waals surface area contributed by atoms with Gasteiger partial charge in [0.25, 0.3) is 0 Å². The molecule has 1 saturated heterocycles. The van der Waals surface area contributed by atoms with E-state index in [9.17, 15) is 21.6 Å². The Hall–Kier alpha value is -2.66. The van der Waals surface area contributed by atoms with Crippen LogP contribution < -0.4 is 10.6 Å². The zero-order chi connectivity index (χ0) is 23.3. The first kappa shape index (κ1) is 22.5. The molecular formula is C21H24F3N5O2S. The van der Waals surface area contributed by atoms with E-state index >= 15 is 0 Å². The largest absolute Gasteiger partial charge is 0.419 e. The first-order chi connectivity index (χ1) is 14.8. The Morgan fingerprint density at radius 3 is 2.66 bits per heavy atom. The second-order valence-electron chi connectivity index (χ2n) is 8.98. The predicted octanol–water partition coefficient (Wildman–Crippen LogP) is 3.85. The van der Waals surface area contributed by atoms with Crippen LogP contribution in [-0.2, 0) is 16.0 Å². The van der Waals surface area contributed by atoms with Crippen LogP contribution >= 0.6 is 0 Å². The maximum absolute atomic E-state index is 13.8. The number of halogens is 3. The van der Waals surface area contributed by atoms with Gasteiger partial charge in [0.1, 0.15) is 5.56 Å². The van der Waals surface area contributed by atoms with Gasteiger partial charge in [-0.2, -0.15) is 13.2 Å². The van der Waals surface area contributed by atoms with Crippen LogP contribution in [0.1, 0.15) is 25.8 Å². The number of hydrogen-bond donors (Lipinski definition) is 3. The van der Waals surface area contributed by atoms with Gasteiger partial charge in [0.05, 0.1) is 10.6 Å². The van der Waals surface area contributed by atoms with Gasteiger partial charge in [-0.3, -0.25) is 0 Å². The van der Waals surface area contributed by atoms with Crippen molar-refractivity contribution in [2.45, 2.75) is 37.4 Å². The van der Waals surface area contributed by atoms with E-state index < -0.39 is 21.6 Å². The SMILES string of the molecule is CC1(C)CNC[C@@H](Nc2ncc(C(F)(F)F)c(-c3c[nH]c4cc(S(C)(=O)=O)ccc34)n2)C1. The molecule has 1 aromatic carbocycles. The smallest absolute Gasteiger partial charge is 0.360 e. The van der Waals surface area contributed by atoms with Gasteiger partial charge in [0.15, 0.2) is 9.84 Å². The summed E-state index contributed by atoms with van der Waals surface area (Å²) in [4.78, 5) is 11.1. The molecule has 1 aliphatic heterocycles. The van der Waals surface area contributed by atoms with Crippen LogP contribution in [0, 0.1) is 5.41 Å². The second-order valence-corrected chi connectivity index (χ2v) is 11.0. The second kappa shape index (κ2) is 7.73. The Morgan fingerprint density at radius 2 is 2.00 bits per heavy atom. The fraction of sp³-hybridized carbons (Fsp3) is 0.429. The molecule has 1 fully saturated rings. The van der Waals surface area contributed by atoms with Crippen LogP contribution in [0.4, 0.5) is 19.1 Å². The highest BCUT2D eigenvalue weighted by atomic mass is 32.2. The van der Waals surface area contributed by atoms with Gasteiger partial charge in [-0.05, 0) is 24.0 Å². The summed E-state index contributed by atoms with van der Waals surface area (Å²) in [6, 6.07) is 4.24. The van der Waals surface area contributed by atoms with Crippen LogP contribution in [-0.4, -0.2) is 48.8 Å². The van der Waals surface area contributed by atoms with Crippen molar-refractivity contribution >= 4 is 26.7 Å². The van der Waals surface area contributed by atoms with Crippen molar-refractivity contribution in [3.63, 3.8) is 0 Å². The van der Waals surface area contributed by atoms with Gasteiger partial charge in [-0.25, -0.2) is 18.4 Å². The molecule has 1 atom stereocenters. The lowest BCUT2D eigenvalue weighted by Gasteiger charge is -2.36. The molecule has 7 nitrogen and oxygen atoms in total. The lowest BCUT2D eigenvalue weighted by Crippen LogP contribution is -2.47. The fourth-order valence-electron chi connectivity index (χ4n) is 4.08. The molecule has 0 spiro atoms. The van der Waals surface area contributed by atoms with E-state index in [1.54, 1.807) is 0 Å². The number of piperidine rings is 1. The van der Waals surface area contributed by atoms with Crippen molar-refractivity contribution < 1.29 is 21.6 Å². The van der Waals surface area contributed by atoms with Crippen LogP contribution in [0.15, 0.2) is 35.5 Å². The molecule has 0 unspecified atom stereocenters. The third-order valence-electron chi connectivity index (χ3n) is 5.56. The topological polar surface area (TPSA) is 99.8 Å². The van der Waals surface area contributed by atoms with E-state index in [-0.39, 0.29) is 33.6 Å². The minimum Gasteiger partial charge on any atom is -0.360 e. The molecule has 2 aromatic heterocycles. The Morgan fingerprint density at radius 1 is 1.25 bits per heavy atom. The van der Waals surface area contributed by atoms with E-state index in [4.69, 9.17) is 0 Å². The number of nitrogens with zero attached hydrogens (tertiary/aromatic N) is 2. The normalized spacial score (nSPS) is 19.2. The molecule has 4 rings (SSSR count). The lowest BCUT2D eigenvalue weighted by atomic mass is 9.83. The molecule has 3 N–H and O–H groups in total. The fourth-order valence-corrected chi connectivity index (χ4v) is 4.72. The van der Waals surface area contributed by atoms with Crippen molar-refractivity contribution in [2.75, 3.05) is 24.7 Å². The molecular weight excluding hydrogens is 443 g/mol. The summed E-state index contributed by atoms with van der Waals surface area (Å²) in [6.45, 7) is 5.74. The van der Waals surface area contributed by atoms with Crippen molar-refractivity contribution in [3.05, 3.63) is 36.2 Å². The monoisotopic (exact) mass is 467 g/mol. The van der Waals surface area contributed by atoms with Crippen molar-refractivity contribution in [1.29, 1.82) is 0 Å². The Balaban J connectivity index is 1.77.